The van der Waals surface area contributed by atoms with Crippen molar-refractivity contribution in [3.63, 3.8) is 0 Å². The molecule has 0 saturated heterocycles. The van der Waals surface area contributed by atoms with E-state index in [-0.39, 0.29) is 11.7 Å². The number of nitrogens with zero attached hydrogens (tertiary/aromatic N) is 4. The van der Waals surface area contributed by atoms with Crippen molar-refractivity contribution >= 4 is 51.4 Å². The van der Waals surface area contributed by atoms with Gasteiger partial charge in [0, 0.05) is 22.4 Å². The Bertz CT molecular complexity index is 1060. The van der Waals surface area contributed by atoms with Gasteiger partial charge >= 0.3 is 5.97 Å². The fourth-order valence-corrected chi connectivity index (χ4v) is 5.29. The van der Waals surface area contributed by atoms with Crippen molar-refractivity contribution in [1.29, 1.82) is 0 Å². The standard InChI is InChI=1S/C20H25N5O3S3/c1-5-8-25-17(13-9-14(6-2)29-10-13)23-24-20(25)30-11-15(26)22-19-21-12(4)16(31-19)18(27)28-7-3/h9-10H,5-8,11H2,1-4H3,(H,21,22,26). The van der Waals surface area contributed by atoms with Gasteiger partial charge in [0.1, 0.15) is 4.88 Å². The maximum Gasteiger partial charge on any atom is 0.350 e. The number of thiophene rings is 1. The summed E-state index contributed by atoms with van der Waals surface area (Å²) in [6, 6.07) is 2.15. The Morgan fingerprint density at radius 2 is 2.06 bits per heavy atom. The topological polar surface area (TPSA) is 99.0 Å². The zero-order valence-corrected chi connectivity index (χ0v) is 20.4. The number of rotatable bonds is 10. The second-order valence-corrected chi connectivity index (χ2v) is 9.54. The van der Waals surface area contributed by atoms with Gasteiger partial charge < -0.3 is 14.6 Å². The number of anilines is 1. The summed E-state index contributed by atoms with van der Waals surface area (Å²) in [5, 5.41) is 14.6. The minimum Gasteiger partial charge on any atom is -0.462 e. The Morgan fingerprint density at radius 3 is 2.74 bits per heavy atom. The number of esters is 1. The van der Waals surface area contributed by atoms with Gasteiger partial charge in [-0.2, -0.15) is 0 Å². The van der Waals surface area contributed by atoms with Crippen LogP contribution in [0.4, 0.5) is 5.13 Å². The molecule has 1 amide bonds. The van der Waals surface area contributed by atoms with Crippen LogP contribution in [-0.4, -0.2) is 44.0 Å². The number of nitrogens with one attached hydrogen (secondary N) is 1. The Hall–Kier alpha value is -2.24. The molecule has 3 aromatic heterocycles. The van der Waals surface area contributed by atoms with E-state index in [1.165, 1.54) is 16.6 Å². The molecule has 31 heavy (non-hydrogen) atoms. The number of hydrogen-bond donors (Lipinski definition) is 1. The monoisotopic (exact) mass is 479 g/mol. The van der Waals surface area contributed by atoms with Gasteiger partial charge in [0.2, 0.25) is 5.91 Å². The predicted molar refractivity (Wildman–Crippen MR) is 125 cm³/mol. The highest BCUT2D eigenvalue weighted by atomic mass is 32.2. The summed E-state index contributed by atoms with van der Waals surface area (Å²) in [6.45, 7) is 8.76. The van der Waals surface area contributed by atoms with Gasteiger partial charge in [-0.05, 0) is 32.8 Å². The number of thioether (sulfide) groups is 1. The molecule has 0 aliphatic heterocycles. The van der Waals surface area contributed by atoms with E-state index in [2.05, 4.69) is 50.4 Å². The molecule has 0 atom stereocenters. The Balaban J connectivity index is 1.66. The Morgan fingerprint density at radius 1 is 1.26 bits per heavy atom. The summed E-state index contributed by atoms with van der Waals surface area (Å²) in [5.41, 5.74) is 1.60. The smallest absolute Gasteiger partial charge is 0.350 e. The summed E-state index contributed by atoms with van der Waals surface area (Å²) < 4.78 is 7.07. The zero-order valence-electron chi connectivity index (χ0n) is 17.9. The number of carbonyl (C=O) groups is 2. The predicted octanol–water partition coefficient (Wildman–Crippen LogP) is 4.65. The van der Waals surface area contributed by atoms with Crippen molar-refractivity contribution in [2.24, 2.45) is 0 Å². The molecule has 0 aliphatic rings. The fraction of sp³-hybridized carbons (Fsp3) is 0.450. The Labute approximate surface area is 193 Å². The summed E-state index contributed by atoms with van der Waals surface area (Å²) in [5.74, 6) is 0.354. The zero-order chi connectivity index (χ0) is 22.4. The summed E-state index contributed by atoms with van der Waals surface area (Å²) in [6.07, 6.45) is 1.92. The van der Waals surface area contributed by atoms with E-state index in [0.29, 0.717) is 27.5 Å². The van der Waals surface area contributed by atoms with E-state index in [1.807, 2.05) is 0 Å². The van der Waals surface area contributed by atoms with Crippen molar-refractivity contribution in [3.8, 4) is 11.4 Å². The maximum atomic E-state index is 12.5. The third kappa shape index (κ3) is 5.72. The normalized spacial score (nSPS) is 11.0. The average molecular weight is 480 g/mol. The highest BCUT2D eigenvalue weighted by Crippen LogP contribution is 2.29. The molecule has 0 bridgehead atoms. The minimum absolute atomic E-state index is 0.166. The molecule has 166 valence electrons. The molecule has 3 heterocycles. The van der Waals surface area contributed by atoms with Crippen LogP contribution in [0.15, 0.2) is 16.6 Å². The minimum atomic E-state index is -0.424. The van der Waals surface area contributed by atoms with Gasteiger partial charge in [-0.1, -0.05) is 36.9 Å². The second-order valence-electron chi connectivity index (χ2n) is 6.60. The average Bonchev–Trinajstić information content (AvgIpc) is 3.45. The van der Waals surface area contributed by atoms with Crippen LogP contribution < -0.4 is 5.32 Å². The lowest BCUT2D eigenvalue weighted by Gasteiger charge is -2.07. The molecule has 8 nitrogen and oxygen atoms in total. The van der Waals surface area contributed by atoms with E-state index >= 15 is 0 Å². The first-order chi connectivity index (χ1) is 15.0. The van der Waals surface area contributed by atoms with Crippen LogP contribution in [0, 0.1) is 6.92 Å². The molecule has 0 spiro atoms. The first-order valence-corrected chi connectivity index (χ1v) is 12.7. The van der Waals surface area contributed by atoms with Gasteiger partial charge in [-0.3, -0.25) is 4.79 Å². The van der Waals surface area contributed by atoms with E-state index < -0.39 is 5.97 Å². The fourth-order valence-electron chi connectivity index (χ4n) is 2.84. The van der Waals surface area contributed by atoms with Crippen LogP contribution in [0.25, 0.3) is 11.4 Å². The van der Waals surface area contributed by atoms with Crippen molar-refractivity contribution in [1.82, 2.24) is 19.7 Å². The number of aromatic nitrogens is 4. The number of hydrogen-bond acceptors (Lipinski definition) is 9. The third-order valence-electron chi connectivity index (χ3n) is 4.26. The highest BCUT2D eigenvalue weighted by Gasteiger charge is 2.19. The van der Waals surface area contributed by atoms with Crippen molar-refractivity contribution < 1.29 is 14.3 Å². The van der Waals surface area contributed by atoms with Crippen LogP contribution in [0.5, 0.6) is 0 Å². The first kappa shape index (κ1) is 23.4. The van der Waals surface area contributed by atoms with Gasteiger partial charge in [-0.25, -0.2) is 9.78 Å². The van der Waals surface area contributed by atoms with Crippen LogP contribution >= 0.6 is 34.4 Å². The molecule has 0 fully saturated rings. The molecule has 0 aromatic carbocycles. The quantitative estimate of drug-likeness (QED) is 0.334. The van der Waals surface area contributed by atoms with E-state index in [4.69, 9.17) is 4.74 Å². The number of thiazole rings is 1. The van der Waals surface area contributed by atoms with Crippen LogP contribution in [0.2, 0.25) is 0 Å². The van der Waals surface area contributed by atoms with Crippen LogP contribution in [-0.2, 0) is 22.5 Å². The van der Waals surface area contributed by atoms with Gasteiger partial charge in [0.25, 0.3) is 0 Å². The highest BCUT2D eigenvalue weighted by molar-refractivity contribution is 7.99. The largest absolute Gasteiger partial charge is 0.462 e. The summed E-state index contributed by atoms with van der Waals surface area (Å²) in [7, 11) is 0. The molecule has 0 saturated carbocycles. The molecule has 0 aliphatic carbocycles. The van der Waals surface area contributed by atoms with Gasteiger partial charge in [0.15, 0.2) is 16.1 Å². The molecular weight excluding hydrogens is 454 g/mol. The van der Waals surface area contributed by atoms with E-state index in [9.17, 15) is 9.59 Å². The molecule has 3 rings (SSSR count). The van der Waals surface area contributed by atoms with Gasteiger partial charge in [-0.15, -0.1) is 21.5 Å². The summed E-state index contributed by atoms with van der Waals surface area (Å²) >= 11 is 4.17. The maximum absolute atomic E-state index is 12.5. The molecule has 0 radical (unpaired) electrons. The number of amides is 1. The third-order valence-corrected chi connectivity index (χ3v) is 7.36. The molecule has 3 aromatic rings. The first-order valence-electron chi connectivity index (χ1n) is 10.0. The molecule has 1 N–H and O–H groups in total. The molecule has 0 unspecified atom stereocenters. The van der Waals surface area contributed by atoms with Crippen molar-refractivity contribution in [2.75, 3.05) is 17.7 Å². The molecule has 11 heteroatoms. The number of ether oxygens (including phenoxy) is 1. The Kier molecular flexibility index (Phi) is 8.22. The van der Waals surface area contributed by atoms with E-state index in [1.54, 1.807) is 25.2 Å². The lowest BCUT2D eigenvalue weighted by atomic mass is 10.2. The lowest BCUT2D eigenvalue weighted by molar-refractivity contribution is -0.113. The number of carbonyl (C=O) groups excluding carboxylic acids is 2. The molecular formula is C20H25N5O3S3. The van der Waals surface area contributed by atoms with Crippen molar-refractivity contribution in [2.45, 2.75) is 52.2 Å². The van der Waals surface area contributed by atoms with Crippen LogP contribution in [0.3, 0.4) is 0 Å². The lowest BCUT2D eigenvalue weighted by Crippen LogP contribution is -2.14. The van der Waals surface area contributed by atoms with E-state index in [0.717, 1.165) is 42.1 Å². The van der Waals surface area contributed by atoms with Gasteiger partial charge in [0.05, 0.1) is 18.1 Å². The SMILES string of the molecule is CCCn1c(SCC(=O)Nc2nc(C)c(C(=O)OCC)s2)nnc1-c1csc(CC)c1. The van der Waals surface area contributed by atoms with Crippen LogP contribution in [0.1, 0.15) is 47.4 Å². The second kappa shape index (κ2) is 10.9. The summed E-state index contributed by atoms with van der Waals surface area (Å²) in [4.78, 5) is 30.3. The number of aryl methyl sites for hydroxylation is 2. The van der Waals surface area contributed by atoms with Crippen molar-refractivity contribution in [3.05, 3.63) is 26.9 Å².